The van der Waals surface area contributed by atoms with E-state index >= 15 is 0 Å². The average molecular weight is 533 g/mol. The Kier molecular flexibility index (Phi) is 8.59. The second-order valence-electron chi connectivity index (χ2n) is 10.1. The van der Waals surface area contributed by atoms with Crippen LogP contribution in [0.15, 0.2) is 66.7 Å². The summed E-state index contributed by atoms with van der Waals surface area (Å²) in [5.41, 5.74) is 7.36. The van der Waals surface area contributed by atoms with E-state index < -0.39 is 35.6 Å². The van der Waals surface area contributed by atoms with E-state index in [1.54, 1.807) is 24.0 Å². The van der Waals surface area contributed by atoms with Crippen LogP contribution in [0, 0.1) is 11.7 Å². The highest BCUT2D eigenvalue weighted by atomic mass is 19.1. The second-order valence-corrected chi connectivity index (χ2v) is 10.1. The summed E-state index contributed by atoms with van der Waals surface area (Å²) in [6, 6.07) is 17.9. The third-order valence-corrected chi connectivity index (χ3v) is 7.20. The van der Waals surface area contributed by atoms with Crippen LogP contribution in [0.4, 0.5) is 4.39 Å². The molecule has 1 aliphatic rings. The van der Waals surface area contributed by atoms with E-state index in [2.05, 4.69) is 5.32 Å². The molecule has 1 aliphatic heterocycles. The quantitative estimate of drug-likeness (QED) is 0.441. The lowest BCUT2D eigenvalue weighted by Crippen LogP contribution is -2.62. The van der Waals surface area contributed by atoms with Crippen molar-refractivity contribution in [3.8, 4) is 0 Å². The molecule has 8 nitrogen and oxygen atoms in total. The lowest BCUT2D eigenvalue weighted by atomic mass is 9.95. The number of halogens is 1. The monoisotopic (exact) mass is 532 g/mol. The maximum atomic E-state index is 13.4. The molecule has 0 bridgehead atoms. The number of benzene rings is 3. The molecule has 39 heavy (non-hydrogen) atoms. The van der Waals surface area contributed by atoms with Crippen LogP contribution in [-0.2, 0) is 32.0 Å². The first-order valence-electron chi connectivity index (χ1n) is 13.0. The zero-order valence-corrected chi connectivity index (χ0v) is 22.1. The number of nitrogens with two attached hydrogens (primary N) is 1. The SMILES string of the molecule is CC(=O)NC(Cc1ccc(F)cc1)C(=O)N1CCN(CC(Cc2ccc3ccccc3c2)C(N)=O)C(=O)C1C. The van der Waals surface area contributed by atoms with Crippen LogP contribution in [0.3, 0.4) is 0 Å². The lowest BCUT2D eigenvalue weighted by molar-refractivity contribution is -0.152. The van der Waals surface area contributed by atoms with Crippen LogP contribution in [0.2, 0.25) is 0 Å². The Labute approximate surface area is 226 Å². The Hall–Kier alpha value is -4.27. The fourth-order valence-corrected chi connectivity index (χ4v) is 5.09. The van der Waals surface area contributed by atoms with Gasteiger partial charge in [0.05, 0.1) is 5.92 Å². The van der Waals surface area contributed by atoms with Crippen molar-refractivity contribution >= 4 is 34.4 Å². The van der Waals surface area contributed by atoms with Gasteiger partial charge in [0.25, 0.3) is 0 Å². The second kappa shape index (κ2) is 12.1. The van der Waals surface area contributed by atoms with Gasteiger partial charge in [-0.1, -0.05) is 54.6 Å². The Morgan fingerprint density at radius 2 is 1.64 bits per heavy atom. The van der Waals surface area contributed by atoms with Gasteiger partial charge in [-0.25, -0.2) is 4.39 Å². The summed E-state index contributed by atoms with van der Waals surface area (Å²) in [5.74, 6) is -2.54. The Balaban J connectivity index is 1.43. The zero-order chi connectivity index (χ0) is 28.1. The third-order valence-electron chi connectivity index (χ3n) is 7.20. The Morgan fingerprint density at radius 1 is 0.974 bits per heavy atom. The van der Waals surface area contributed by atoms with E-state index in [-0.39, 0.29) is 37.9 Å². The largest absolute Gasteiger partial charge is 0.369 e. The molecule has 0 radical (unpaired) electrons. The minimum absolute atomic E-state index is 0.151. The van der Waals surface area contributed by atoms with Gasteiger partial charge in [-0.3, -0.25) is 19.2 Å². The summed E-state index contributed by atoms with van der Waals surface area (Å²) in [4.78, 5) is 54.0. The highest BCUT2D eigenvalue weighted by Gasteiger charge is 2.38. The Morgan fingerprint density at radius 3 is 2.31 bits per heavy atom. The van der Waals surface area contributed by atoms with Crippen molar-refractivity contribution in [2.24, 2.45) is 11.7 Å². The highest BCUT2D eigenvalue weighted by molar-refractivity contribution is 5.93. The smallest absolute Gasteiger partial charge is 0.246 e. The summed E-state index contributed by atoms with van der Waals surface area (Å²) in [5, 5.41) is 4.82. The molecular weight excluding hydrogens is 499 g/mol. The molecule has 4 rings (SSSR count). The lowest BCUT2D eigenvalue weighted by Gasteiger charge is -2.41. The number of carbonyl (C=O) groups excluding carboxylic acids is 4. The van der Waals surface area contributed by atoms with Gasteiger partial charge < -0.3 is 20.9 Å². The van der Waals surface area contributed by atoms with Gasteiger partial charge in [0, 0.05) is 33.0 Å². The number of hydrogen-bond acceptors (Lipinski definition) is 4. The highest BCUT2D eigenvalue weighted by Crippen LogP contribution is 2.21. The first-order chi connectivity index (χ1) is 18.6. The number of amides is 4. The zero-order valence-electron chi connectivity index (χ0n) is 22.1. The first kappa shape index (κ1) is 27.8. The van der Waals surface area contributed by atoms with E-state index in [9.17, 15) is 23.6 Å². The molecule has 1 heterocycles. The minimum Gasteiger partial charge on any atom is -0.369 e. The Bertz CT molecular complexity index is 1380. The van der Waals surface area contributed by atoms with Gasteiger partial charge in [0.15, 0.2) is 0 Å². The number of hydrogen-bond donors (Lipinski definition) is 2. The van der Waals surface area contributed by atoms with Crippen molar-refractivity contribution in [2.75, 3.05) is 19.6 Å². The molecule has 4 amide bonds. The molecule has 0 spiro atoms. The van der Waals surface area contributed by atoms with Gasteiger partial charge in [0.1, 0.15) is 17.9 Å². The molecule has 3 atom stereocenters. The molecule has 1 saturated heterocycles. The van der Waals surface area contributed by atoms with Gasteiger partial charge in [-0.15, -0.1) is 0 Å². The standard InChI is InChI=1S/C30H33FN4O4/c1-19-29(38)34(18-25(28(32)37)16-22-7-10-23-5-3-4-6-24(23)15-22)13-14-35(19)30(39)27(33-20(2)36)17-21-8-11-26(31)12-9-21/h3-12,15,19,25,27H,13-14,16-18H2,1-2H3,(H2,32,37)(H,33,36). The van der Waals surface area contributed by atoms with E-state index in [1.165, 1.54) is 24.0 Å². The van der Waals surface area contributed by atoms with Crippen LogP contribution in [0.5, 0.6) is 0 Å². The maximum absolute atomic E-state index is 13.4. The summed E-state index contributed by atoms with van der Waals surface area (Å²) >= 11 is 0. The molecule has 9 heteroatoms. The number of nitrogens with one attached hydrogen (secondary N) is 1. The van der Waals surface area contributed by atoms with Crippen molar-refractivity contribution < 1.29 is 23.6 Å². The van der Waals surface area contributed by atoms with Crippen molar-refractivity contribution in [2.45, 2.75) is 38.8 Å². The summed E-state index contributed by atoms with van der Waals surface area (Å²) in [6.07, 6.45) is 0.554. The molecular formula is C30H33FN4O4. The van der Waals surface area contributed by atoms with Crippen LogP contribution in [-0.4, -0.2) is 65.1 Å². The third kappa shape index (κ3) is 6.79. The molecule has 3 unspecified atom stereocenters. The molecule has 0 aliphatic carbocycles. The fourth-order valence-electron chi connectivity index (χ4n) is 5.09. The maximum Gasteiger partial charge on any atom is 0.246 e. The number of carbonyl (C=O) groups is 4. The summed E-state index contributed by atoms with van der Waals surface area (Å²) in [7, 11) is 0. The van der Waals surface area contributed by atoms with Crippen LogP contribution >= 0.6 is 0 Å². The van der Waals surface area contributed by atoms with Gasteiger partial charge in [-0.2, -0.15) is 0 Å². The van der Waals surface area contributed by atoms with Crippen LogP contribution in [0.1, 0.15) is 25.0 Å². The minimum atomic E-state index is -0.902. The predicted molar refractivity (Wildman–Crippen MR) is 146 cm³/mol. The molecule has 0 saturated carbocycles. The summed E-state index contributed by atoms with van der Waals surface area (Å²) in [6.45, 7) is 3.58. The molecule has 1 fully saturated rings. The van der Waals surface area contributed by atoms with Crippen LogP contribution < -0.4 is 11.1 Å². The van der Waals surface area contributed by atoms with Crippen LogP contribution in [0.25, 0.3) is 10.8 Å². The van der Waals surface area contributed by atoms with Crippen molar-refractivity contribution in [3.05, 3.63) is 83.7 Å². The number of piperazine rings is 1. The van der Waals surface area contributed by atoms with E-state index in [4.69, 9.17) is 5.73 Å². The number of rotatable bonds is 9. The average Bonchev–Trinajstić information content (AvgIpc) is 2.91. The predicted octanol–water partition coefficient (Wildman–Crippen LogP) is 2.43. The van der Waals surface area contributed by atoms with E-state index in [1.807, 2.05) is 42.5 Å². The molecule has 3 aromatic carbocycles. The normalized spacial score (nSPS) is 17.1. The van der Waals surface area contributed by atoms with Gasteiger partial charge in [0.2, 0.25) is 23.6 Å². The van der Waals surface area contributed by atoms with E-state index in [0.29, 0.717) is 12.0 Å². The topological polar surface area (TPSA) is 113 Å². The number of fused-ring (bicyclic) bond motifs is 1. The number of nitrogens with zero attached hydrogens (tertiary/aromatic N) is 2. The van der Waals surface area contributed by atoms with Crippen molar-refractivity contribution in [3.63, 3.8) is 0 Å². The van der Waals surface area contributed by atoms with Gasteiger partial charge >= 0.3 is 0 Å². The van der Waals surface area contributed by atoms with Crippen molar-refractivity contribution in [1.29, 1.82) is 0 Å². The van der Waals surface area contributed by atoms with Gasteiger partial charge in [-0.05, 0) is 47.4 Å². The molecule has 3 N–H and O–H groups in total. The number of primary amides is 1. The van der Waals surface area contributed by atoms with Crippen molar-refractivity contribution in [1.82, 2.24) is 15.1 Å². The summed E-state index contributed by atoms with van der Waals surface area (Å²) < 4.78 is 13.3. The van der Waals surface area contributed by atoms with E-state index in [0.717, 1.165) is 16.3 Å². The molecule has 3 aromatic rings. The fraction of sp³-hybridized carbons (Fsp3) is 0.333. The molecule has 204 valence electrons. The first-order valence-corrected chi connectivity index (χ1v) is 13.0. The molecule has 0 aromatic heterocycles.